The van der Waals surface area contributed by atoms with Crippen molar-refractivity contribution in [3.05, 3.63) is 50.4 Å². The van der Waals surface area contributed by atoms with Crippen molar-refractivity contribution in [3.8, 4) is 5.69 Å². The zero-order valence-corrected chi connectivity index (χ0v) is 14.3. The molecule has 20 heavy (non-hydrogen) atoms. The molecule has 0 saturated heterocycles. The van der Waals surface area contributed by atoms with E-state index in [4.69, 9.17) is 5.73 Å². The zero-order valence-electron chi connectivity index (χ0n) is 11.1. The van der Waals surface area contributed by atoms with Gasteiger partial charge < -0.3 is 5.73 Å². The average Bonchev–Trinajstić information content (AvgIpc) is 2.64. The molecular weight excluding hydrogens is 382 g/mol. The fourth-order valence-electron chi connectivity index (χ4n) is 2.56. The standard InChI is InChI=1S/C15H13Br2N3/c1-8-5-11(17)6-9(2)14(8)20-13-4-3-10(16)7-12(13)19-15(20)18/h3-7H,1-2H3,(H2,18,19). The van der Waals surface area contributed by atoms with E-state index in [9.17, 15) is 0 Å². The van der Waals surface area contributed by atoms with Crippen molar-refractivity contribution in [2.24, 2.45) is 0 Å². The molecule has 0 unspecified atom stereocenters. The Morgan fingerprint density at radius 2 is 1.65 bits per heavy atom. The summed E-state index contributed by atoms with van der Waals surface area (Å²) in [5, 5.41) is 0. The van der Waals surface area contributed by atoms with E-state index in [2.05, 4.69) is 62.8 Å². The Morgan fingerprint density at radius 3 is 2.30 bits per heavy atom. The summed E-state index contributed by atoms with van der Waals surface area (Å²) in [6.45, 7) is 4.16. The third-order valence-corrected chi connectivity index (χ3v) is 4.27. The van der Waals surface area contributed by atoms with Crippen LogP contribution in [-0.4, -0.2) is 9.55 Å². The van der Waals surface area contributed by atoms with Gasteiger partial charge in [-0.05, 0) is 55.3 Å². The number of fused-ring (bicyclic) bond motifs is 1. The maximum absolute atomic E-state index is 6.14. The Kier molecular flexibility index (Phi) is 3.34. The van der Waals surface area contributed by atoms with E-state index in [1.54, 1.807) is 0 Å². The predicted molar refractivity (Wildman–Crippen MR) is 90.4 cm³/mol. The Hall–Kier alpha value is -1.33. The number of hydrogen-bond donors (Lipinski definition) is 1. The number of benzene rings is 2. The summed E-state index contributed by atoms with van der Waals surface area (Å²) >= 11 is 6.99. The highest BCUT2D eigenvalue weighted by Gasteiger charge is 2.14. The second-order valence-electron chi connectivity index (χ2n) is 4.83. The lowest BCUT2D eigenvalue weighted by atomic mass is 10.1. The van der Waals surface area contributed by atoms with Gasteiger partial charge >= 0.3 is 0 Å². The smallest absolute Gasteiger partial charge is 0.205 e. The third-order valence-electron chi connectivity index (χ3n) is 3.32. The van der Waals surface area contributed by atoms with Gasteiger partial charge in [0.05, 0.1) is 16.7 Å². The zero-order chi connectivity index (χ0) is 14.4. The van der Waals surface area contributed by atoms with Crippen LogP contribution in [0.15, 0.2) is 39.3 Å². The molecule has 0 amide bonds. The molecule has 1 heterocycles. The van der Waals surface area contributed by atoms with Crippen LogP contribution < -0.4 is 5.73 Å². The van der Waals surface area contributed by atoms with E-state index in [1.165, 1.54) is 0 Å². The van der Waals surface area contributed by atoms with Gasteiger partial charge in [-0.3, -0.25) is 4.57 Å². The minimum atomic E-state index is 0.506. The minimum Gasteiger partial charge on any atom is -0.369 e. The third kappa shape index (κ3) is 2.15. The number of nitrogens with two attached hydrogens (primary N) is 1. The summed E-state index contributed by atoms with van der Waals surface area (Å²) in [7, 11) is 0. The Balaban J connectivity index is 2.38. The fourth-order valence-corrected chi connectivity index (χ4v) is 3.60. The largest absolute Gasteiger partial charge is 0.369 e. The average molecular weight is 395 g/mol. The lowest BCUT2D eigenvalue weighted by molar-refractivity contribution is 1.07. The minimum absolute atomic E-state index is 0.506. The molecule has 0 atom stereocenters. The van der Waals surface area contributed by atoms with Crippen molar-refractivity contribution in [2.75, 3.05) is 5.73 Å². The van der Waals surface area contributed by atoms with Crippen molar-refractivity contribution in [3.63, 3.8) is 0 Å². The second-order valence-corrected chi connectivity index (χ2v) is 6.66. The first-order valence-electron chi connectivity index (χ1n) is 6.18. The van der Waals surface area contributed by atoms with Gasteiger partial charge in [-0.25, -0.2) is 4.98 Å². The number of nitrogen functional groups attached to an aromatic ring is 1. The molecule has 2 aromatic carbocycles. The maximum atomic E-state index is 6.14. The molecule has 0 fully saturated rings. The van der Waals surface area contributed by atoms with Crippen LogP contribution in [0.5, 0.6) is 0 Å². The number of imidazole rings is 1. The summed E-state index contributed by atoms with van der Waals surface area (Å²) in [6.07, 6.45) is 0. The topological polar surface area (TPSA) is 43.8 Å². The molecule has 0 spiro atoms. The van der Waals surface area contributed by atoms with Crippen molar-refractivity contribution >= 4 is 48.8 Å². The van der Waals surface area contributed by atoms with E-state index < -0.39 is 0 Å². The molecule has 3 aromatic rings. The van der Waals surface area contributed by atoms with Crippen LogP contribution in [-0.2, 0) is 0 Å². The number of hydrogen-bond acceptors (Lipinski definition) is 2. The molecule has 5 heteroatoms. The summed E-state index contributed by atoms with van der Waals surface area (Å²) < 4.78 is 4.08. The SMILES string of the molecule is Cc1cc(Br)cc(C)c1-n1c(N)nc2cc(Br)ccc21. The summed E-state index contributed by atoms with van der Waals surface area (Å²) in [5.41, 5.74) is 11.4. The quantitative estimate of drug-likeness (QED) is 0.647. The number of rotatable bonds is 1. The molecule has 0 saturated carbocycles. The van der Waals surface area contributed by atoms with Crippen molar-refractivity contribution in [2.45, 2.75) is 13.8 Å². The molecule has 3 rings (SSSR count). The van der Waals surface area contributed by atoms with Crippen LogP contribution >= 0.6 is 31.9 Å². The lowest BCUT2D eigenvalue weighted by Gasteiger charge is -2.14. The van der Waals surface area contributed by atoms with Gasteiger partial charge in [-0.1, -0.05) is 31.9 Å². The van der Waals surface area contributed by atoms with Crippen LogP contribution in [0.25, 0.3) is 16.7 Å². The Labute approximate surface area is 134 Å². The van der Waals surface area contributed by atoms with Gasteiger partial charge in [0.15, 0.2) is 0 Å². The summed E-state index contributed by atoms with van der Waals surface area (Å²) in [5.74, 6) is 0.506. The highest BCUT2D eigenvalue weighted by molar-refractivity contribution is 9.10. The van der Waals surface area contributed by atoms with Crippen molar-refractivity contribution < 1.29 is 0 Å². The van der Waals surface area contributed by atoms with Crippen LogP contribution in [0.2, 0.25) is 0 Å². The number of nitrogens with zero attached hydrogens (tertiary/aromatic N) is 2. The fraction of sp³-hybridized carbons (Fsp3) is 0.133. The van der Waals surface area contributed by atoms with Crippen molar-refractivity contribution in [1.29, 1.82) is 0 Å². The van der Waals surface area contributed by atoms with Gasteiger partial charge in [0.25, 0.3) is 0 Å². The highest BCUT2D eigenvalue weighted by atomic mass is 79.9. The van der Waals surface area contributed by atoms with E-state index >= 15 is 0 Å². The van der Waals surface area contributed by atoms with Gasteiger partial charge in [0, 0.05) is 8.95 Å². The molecule has 3 nitrogen and oxygen atoms in total. The summed E-state index contributed by atoms with van der Waals surface area (Å²) in [4.78, 5) is 4.45. The Bertz CT molecular complexity index is 798. The highest BCUT2D eigenvalue weighted by Crippen LogP contribution is 2.30. The molecule has 0 radical (unpaired) electrons. The van der Waals surface area contributed by atoms with Gasteiger partial charge in [-0.15, -0.1) is 0 Å². The first kappa shape index (κ1) is 13.6. The van der Waals surface area contributed by atoms with Gasteiger partial charge in [0.1, 0.15) is 0 Å². The van der Waals surface area contributed by atoms with Crippen molar-refractivity contribution in [1.82, 2.24) is 9.55 Å². The Morgan fingerprint density at radius 1 is 1.00 bits per heavy atom. The van der Waals surface area contributed by atoms with Crippen LogP contribution in [0.1, 0.15) is 11.1 Å². The number of aryl methyl sites for hydroxylation is 2. The van der Waals surface area contributed by atoms with Crippen LogP contribution in [0.3, 0.4) is 0 Å². The molecule has 0 bridgehead atoms. The molecule has 2 N–H and O–H groups in total. The summed E-state index contributed by atoms with van der Waals surface area (Å²) in [6, 6.07) is 10.2. The van der Waals surface area contributed by atoms with Crippen LogP contribution in [0.4, 0.5) is 5.95 Å². The lowest BCUT2D eigenvalue weighted by Crippen LogP contribution is -2.04. The number of aromatic nitrogens is 2. The van der Waals surface area contributed by atoms with Crippen LogP contribution in [0, 0.1) is 13.8 Å². The first-order chi connectivity index (χ1) is 9.47. The maximum Gasteiger partial charge on any atom is 0.205 e. The molecule has 102 valence electrons. The first-order valence-corrected chi connectivity index (χ1v) is 7.76. The van der Waals surface area contributed by atoms with Gasteiger partial charge in [0.2, 0.25) is 5.95 Å². The molecule has 1 aromatic heterocycles. The molecule has 0 aliphatic heterocycles. The second kappa shape index (κ2) is 4.90. The predicted octanol–water partition coefficient (Wildman–Crippen LogP) is 4.75. The number of halogens is 2. The molecular formula is C15H13Br2N3. The normalized spacial score (nSPS) is 11.2. The van der Waals surface area contributed by atoms with Gasteiger partial charge in [-0.2, -0.15) is 0 Å². The van der Waals surface area contributed by atoms with E-state index in [-0.39, 0.29) is 0 Å². The van der Waals surface area contributed by atoms with E-state index in [1.807, 2.05) is 22.8 Å². The monoisotopic (exact) mass is 393 g/mol. The van der Waals surface area contributed by atoms with E-state index in [0.29, 0.717) is 5.95 Å². The molecule has 0 aliphatic carbocycles. The molecule has 0 aliphatic rings. The number of anilines is 1. The van der Waals surface area contributed by atoms with E-state index in [0.717, 1.165) is 36.8 Å².